The van der Waals surface area contributed by atoms with E-state index >= 15 is 0 Å². The number of hydrogen-bond donors (Lipinski definition) is 3. The molecule has 0 heterocycles. The number of phenols is 1. The number of aromatic hydroxyl groups is 1. The Morgan fingerprint density at radius 2 is 1.68 bits per heavy atom. The molecule has 6 nitrogen and oxygen atoms in total. The summed E-state index contributed by atoms with van der Waals surface area (Å²) in [5.74, 6) is 0.369. The molecule has 0 amide bonds. The zero-order valence-electron chi connectivity index (χ0n) is 16.9. The lowest BCUT2D eigenvalue weighted by molar-refractivity contribution is 0.0601. The number of aliphatic imine (C=N–C) groups is 1. The molecule has 3 rings (SSSR count). The molecule has 2 fully saturated rings. The second kappa shape index (κ2) is 10.3. The van der Waals surface area contributed by atoms with Gasteiger partial charge in [-0.25, -0.2) is 9.79 Å². The molecule has 0 aliphatic heterocycles. The molecule has 154 valence electrons. The summed E-state index contributed by atoms with van der Waals surface area (Å²) in [6.45, 7) is 0. The molecule has 1 aromatic rings. The van der Waals surface area contributed by atoms with Crippen LogP contribution in [0.1, 0.15) is 81.0 Å². The van der Waals surface area contributed by atoms with Crippen molar-refractivity contribution in [1.82, 2.24) is 5.32 Å². The van der Waals surface area contributed by atoms with E-state index in [2.05, 4.69) is 10.6 Å². The minimum absolute atomic E-state index is 0.0895. The normalized spacial score (nSPS) is 19.7. The van der Waals surface area contributed by atoms with E-state index in [0.717, 1.165) is 25.7 Å². The summed E-state index contributed by atoms with van der Waals surface area (Å²) in [5, 5.41) is 17.1. The predicted molar refractivity (Wildman–Crippen MR) is 112 cm³/mol. The number of carbonyl (C=O) groups is 1. The molecule has 2 aliphatic rings. The first-order valence-corrected chi connectivity index (χ1v) is 10.7. The SMILES string of the molecule is COC(=O)c1ccc(O)c(NC(=NC2CCCCCC2)NC2CCCCC2)c1. The number of rotatable bonds is 4. The minimum Gasteiger partial charge on any atom is -0.506 e. The van der Waals surface area contributed by atoms with E-state index in [1.54, 1.807) is 12.1 Å². The minimum atomic E-state index is -0.425. The van der Waals surface area contributed by atoms with Gasteiger partial charge < -0.3 is 20.5 Å². The second-order valence-electron chi connectivity index (χ2n) is 7.95. The highest BCUT2D eigenvalue weighted by Crippen LogP contribution is 2.26. The third-order valence-corrected chi connectivity index (χ3v) is 5.75. The fourth-order valence-electron chi connectivity index (χ4n) is 4.12. The van der Waals surface area contributed by atoms with E-state index in [-0.39, 0.29) is 5.75 Å². The Morgan fingerprint density at radius 1 is 1.04 bits per heavy atom. The monoisotopic (exact) mass is 387 g/mol. The van der Waals surface area contributed by atoms with Gasteiger partial charge in [-0.3, -0.25) is 0 Å². The molecule has 0 atom stereocenters. The first kappa shape index (κ1) is 20.5. The van der Waals surface area contributed by atoms with Crippen molar-refractivity contribution >= 4 is 17.6 Å². The van der Waals surface area contributed by atoms with Crippen LogP contribution in [0.4, 0.5) is 5.69 Å². The third kappa shape index (κ3) is 5.88. The maximum Gasteiger partial charge on any atom is 0.337 e. The average molecular weight is 388 g/mol. The van der Waals surface area contributed by atoms with Crippen LogP contribution in [-0.2, 0) is 4.74 Å². The van der Waals surface area contributed by atoms with Gasteiger partial charge in [-0.05, 0) is 43.9 Å². The number of carbonyl (C=O) groups excluding carboxylic acids is 1. The van der Waals surface area contributed by atoms with Crippen LogP contribution in [0.15, 0.2) is 23.2 Å². The molecule has 0 saturated heterocycles. The van der Waals surface area contributed by atoms with Crippen LogP contribution in [-0.4, -0.2) is 36.2 Å². The molecule has 28 heavy (non-hydrogen) atoms. The van der Waals surface area contributed by atoms with Gasteiger partial charge in [0.25, 0.3) is 0 Å². The van der Waals surface area contributed by atoms with Crippen molar-refractivity contribution in [3.63, 3.8) is 0 Å². The number of ether oxygens (including phenoxy) is 1. The summed E-state index contributed by atoms with van der Waals surface area (Å²) >= 11 is 0. The summed E-state index contributed by atoms with van der Waals surface area (Å²) in [6, 6.07) is 5.39. The highest BCUT2D eigenvalue weighted by Gasteiger charge is 2.19. The molecule has 1 aromatic carbocycles. The van der Waals surface area contributed by atoms with E-state index in [1.807, 2.05) is 0 Å². The molecular weight excluding hydrogens is 354 g/mol. The van der Waals surface area contributed by atoms with Crippen molar-refractivity contribution in [2.45, 2.75) is 82.7 Å². The van der Waals surface area contributed by atoms with Crippen LogP contribution < -0.4 is 10.6 Å². The average Bonchev–Trinajstić information content (AvgIpc) is 2.98. The third-order valence-electron chi connectivity index (χ3n) is 5.75. The molecule has 0 radical (unpaired) electrons. The Hall–Kier alpha value is -2.24. The first-order chi connectivity index (χ1) is 13.7. The molecular formula is C22H33N3O3. The van der Waals surface area contributed by atoms with Gasteiger partial charge in [0.15, 0.2) is 5.96 Å². The Bertz CT molecular complexity index is 676. The number of methoxy groups -OCH3 is 1. The Balaban J connectivity index is 1.80. The van der Waals surface area contributed by atoms with Crippen molar-refractivity contribution in [2.24, 2.45) is 4.99 Å². The maximum atomic E-state index is 11.9. The number of anilines is 1. The summed E-state index contributed by atoms with van der Waals surface area (Å²) in [4.78, 5) is 16.8. The van der Waals surface area contributed by atoms with Crippen molar-refractivity contribution in [3.8, 4) is 5.75 Å². The van der Waals surface area contributed by atoms with Gasteiger partial charge in [-0.15, -0.1) is 0 Å². The summed E-state index contributed by atoms with van der Waals surface area (Å²) in [7, 11) is 1.35. The van der Waals surface area contributed by atoms with Crippen LogP contribution >= 0.6 is 0 Å². The largest absolute Gasteiger partial charge is 0.506 e. The molecule has 0 aromatic heterocycles. The lowest BCUT2D eigenvalue weighted by atomic mass is 9.96. The molecule has 0 bridgehead atoms. The number of esters is 1. The standard InChI is InChI=1S/C22H33N3O3/c1-28-21(27)16-13-14-20(26)19(15-16)25-22(24-18-11-7-4-8-12-18)23-17-9-5-2-3-6-10-17/h13-15,17-18,26H,2-12H2,1H3,(H2,23,24,25). The summed E-state index contributed by atoms with van der Waals surface area (Å²) < 4.78 is 4.80. The topological polar surface area (TPSA) is 83.0 Å². The molecule has 0 spiro atoms. The van der Waals surface area contributed by atoms with Crippen LogP contribution in [0.2, 0.25) is 0 Å². The quantitative estimate of drug-likeness (QED) is 0.231. The second-order valence-corrected chi connectivity index (χ2v) is 7.95. The van der Waals surface area contributed by atoms with Crippen molar-refractivity contribution in [3.05, 3.63) is 23.8 Å². The number of nitrogens with zero attached hydrogens (tertiary/aromatic N) is 1. The Morgan fingerprint density at radius 3 is 2.36 bits per heavy atom. The fourth-order valence-corrected chi connectivity index (χ4v) is 4.12. The summed E-state index contributed by atoms with van der Waals surface area (Å²) in [6.07, 6.45) is 13.2. The maximum absolute atomic E-state index is 11.9. The van der Waals surface area contributed by atoms with E-state index in [1.165, 1.54) is 58.1 Å². The lowest BCUT2D eigenvalue weighted by Gasteiger charge is -2.26. The van der Waals surface area contributed by atoms with Gasteiger partial charge in [0.1, 0.15) is 5.75 Å². The number of phenolic OH excluding ortho intramolecular Hbond substituents is 1. The zero-order chi connectivity index (χ0) is 19.8. The number of hydrogen-bond acceptors (Lipinski definition) is 4. The van der Waals surface area contributed by atoms with Crippen molar-refractivity contribution < 1.29 is 14.6 Å². The lowest BCUT2D eigenvalue weighted by Crippen LogP contribution is -2.41. The highest BCUT2D eigenvalue weighted by atomic mass is 16.5. The van der Waals surface area contributed by atoms with Gasteiger partial charge in [0, 0.05) is 6.04 Å². The number of benzene rings is 1. The van der Waals surface area contributed by atoms with Crippen molar-refractivity contribution in [2.75, 3.05) is 12.4 Å². The van der Waals surface area contributed by atoms with Gasteiger partial charge in [0.05, 0.1) is 24.4 Å². The number of guanidine groups is 1. The number of nitrogens with one attached hydrogen (secondary N) is 2. The van der Waals surface area contributed by atoms with E-state index in [0.29, 0.717) is 29.3 Å². The van der Waals surface area contributed by atoms with Gasteiger partial charge in [0.2, 0.25) is 0 Å². The van der Waals surface area contributed by atoms with Crippen molar-refractivity contribution in [1.29, 1.82) is 0 Å². The van der Waals surface area contributed by atoms with Gasteiger partial charge in [-0.1, -0.05) is 44.9 Å². The van der Waals surface area contributed by atoms with Crippen LogP contribution in [0.3, 0.4) is 0 Å². The molecule has 0 unspecified atom stereocenters. The van der Waals surface area contributed by atoms with Crippen LogP contribution in [0.25, 0.3) is 0 Å². The van der Waals surface area contributed by atoms with Crippen LogP contribution in [0, 0.1) is 0 Å². The van der Waals surface area contributed by atoms with E-state index in [9.17, 15) is 9.90 Å². The summed E-state index contributed by atoms with van der Waals surface area (Å²) in [5.41, 5.74) is 0.868. The molecule has 6 heteroatoms. The van der Waals surface area contributed by atoms with Gasteiger partial charge >= 0.3 is 5.97 Å². The molecule has 2 saturated carbocycles. The van der Waals surface area contributed by atoms with E-state index < -0.39 is 5.97 Å². The molecule has 3 N–H and O–H groups in total. The molecule has 2 aliphatic carbocycles. The smallest absolute Gasteiger partial charge is 0.337 e. The van der Waals surface area contributed by atoms with E-state index in [4.69, 9.17) is 9.73 Å². The van der Waals surface area contributed by atoms with Gasteiger partial charge in [-0.2, -0.15) is 0 Å². The highest BCUT2D eigenvalue weighted by molar-refractivity contribution is 5.97. The zero-order valence-corrected chi connectivity index (χ0v) is 16.9. The first-order valence-electron chi connectivity index (χ1n) is 10.7. The van der Waals surface area contributed by atoms with Crippen LogP contribution in [0.5, 0.6) is 5.75 Å². The Labute approximate surface area is 167 Å². The Kier molecular flexibility index (Phi) is 7.57. The predicted octanol–water partition coefficient (Wildman–Crippen LogP) is 4.59. The fraction of sp³-hybridized carbons (Fsp3) is 0.636.